The van der Waals surface area contributed by atoms with Gasteiger partial charge in [0.1, 0.15) is 24.4 Å². The van der Waals surface area contributed by atoms with Crippen LogP contribution in [-0.2, 0) is 25.6 Å². The third-order valence-corrected chi connectivity index (χ3v) is 3.54. The van der Waals surface area contributed by atoms with Crippen molar-refractivity contribution in [2.75, 3.05) is 6.61 Å². The lowest BCUT2D eigenvalue weighted by Gasteiger charge is -2.24. The Labute approximate surface area is 99.4 Å². The maximum absolute atomic E-state index is 5.92. The van der Waals surface area contributed by atoms with Crippen molar-refractivity contribution in [3.8, 4) is 0 Å². The zero-order valence-electron chi connectivity index (χ0n) is 9.32. The maximum Gasteiger partial charge on any atom is 0.187 e. The van der Waals surface area contributed by atoms with Crippen LogP contribution in [0.2, 0.25) is 0 Å². The molecule has 90 valence electrons. The number of hydrogen-bond acceptors (Lipinski definition) is 4. The zero-order chi connectivity index (χ0) is 11.2. The minimum absolute atomic E-state index is 0.0129. The zero-order valence-corrected chi connectivity index (χ0v) is 9.32. The Morgan fingerprint density at radius 2 is 2.00 bits per heavy atom. The van der Waals surface area contributed by atoms with Crippen LogP contribution in [-0.4, -0.2) is 37.3 Å². The van der Waals surface area contributed by atoms with Gasteiger partial charge in [0.25, 0.3) is 0 Å². The lowest BCUT2D eigenvalue weighted by Crippen LogP contribution is -2.41. The average Bonchev–Trinajstić information content (AvgIpc) is 3.05. The first kappa shape index (κ1) is 10.0. The summed E-state index contributed by atoms with van der Waals surface area (Å²) in [6, 6.07) is 10.1. The molecule has 3 heterocycles. The predicted molar refractivity (Wildman–Crippen MR) is 58.3 cm³/mol. The molecule has 0 spiro atoms. The Kier molecular flexibility index (Phi) is 2.23. The van der Waals surface area contributed by atoms with E-state index in [2.05, 4.69) is 12.1 Å². The molecular weight excluding hydrogens is 220 g/mol. The first-order valence-electron chi connectivity index (χ1n) is 6.00. The van der Waals surface area contributed by atoms with E-state index in [1.165, 1.54) is 5.56 Å². The molecule has 4 nitrogen and oxygen atoms in total. The van der Waals surface area contributed by atoms with E-state index in [1.807, 2.05) is 18.2 Å². The Morgan fingerprint density at radius 1 is 1.12 bits per heavy atom. The molecule has 1 aromatic rings. The molecule has 0 amide bonds. The van der Waals surface area contributed by atoms with Gasteiger partial charge in [0.15, 0.2) is 6.29 Å². The molecule has 0 N–H and O–H groups in total. The Hall–Kier alpha value is -0.940. The van der Waals surface area contributed by atoms with Crippen molar-refractivity contribution < 1.29 is 18.9 Å². The minimum atomic E-state index is -0.151. The van der Waals surface area contributed by atoms with Crippen LogP contribution in [0.5, 0.6) is 0 Å². The summed E-state index contributed by atoms with van der Waals surface area (Å²) in [7, 11) is 0. The number of benzene rings is 1. The van der Waals surface area contributed by atoms with E-state index in [0.29, 0.717) is 13.2 Å². The van der Waals surface area contributed by atoms with E-state index < -0.39 is 0 Å². The Balaban J connectivity index is 1.43. The van der Waals surface area contributed by atoms with Crippen LogP contribution in [0.1, 0.15) is 5.56 Å². The van der Waals surface area contributed by atoms with Crippen molar-refractivity contribution in [3.63, 3.8) is 0 Å². The highest BCUT2D eigenvalue weighted by molar-refractivity contribution is 5.14. The SMILES string of the molecule is c1ccc(CO[C@H]2[C@@H]3O[C@@H]3[C@H]3OC[C@H]2O3)cc1. The molecule has 0 aromatic heterocycles. The molecule has 2 bridgehead atoms. The number of hydrogen-bond donors (Lipinski definition) is 0. The van der Waals surface area contributed by atoms with Gasteiger partial charge in [-0.05, 0) is 5.56 Å². The highest BCUT2D eigenvalue weighted by atomic mass is 16.8. The molecule has 17 heavy (non-hydrogen) atoms. The molecule has 0 aliphatic carbocycles. The highest BCUT2D eigenvalue weighted by Gasteiger charge is 2.62. The maximum atomic E-state index is 5.92. The number of ether oxygens (including phenoxy) is 4. The summed E-state index contributed by atoms with van der Waals surface area (Å²) in [5, 5.41) is 0. The summed E-state index contributed by atoms with van der Waals surface area (Å²) < 4.78 is 22.6. The summed E-state index contributed by atoms with van der Waals surface area (Å²) in [6.45, 7) is 1.23. The second-order valence-corrected chi connectivity index (χ2v) is 4.70. The predicted octanol–water partition coefficient (Wildman–Crippen LogP) is 1.09. The summed E-state index contributed by atoms with van der Waals surface area (Å²) >= 11 is 0. The van der Waals surface area contributed by atoms with Gasteiger partial charge in [-0.1, -0.05) is 30.3 Å². The molecule has 3 saturated heterocycles. The summed E-state index contributed by atoms with van der Waals surface area (Å²) in [4.78, 5) is 0. The lowest BCUT2D eigenvalue weighted by molar-refractivity contribution is -0.121. The molecule has 0 radical (unpaired) electrons. The van der Waals surface area contributed by atoms with Crippen LogP contribution in [0.3, 0.4) is 0 Å². The van der Waals surface area contributed by atoms with E-state index in [-0.39, 0.29) is 30.7 Å². The summed E-state index contributed by atoms with van der Waals surface area (Å²) in [5.74, 6) is 0. The Bertz CT molecular complexity index is 407. The lowest BCUT2D eigenvalue weighted by atomic mass is 10.1. The van der Waals surface area contributed by atoms with Gasteiger partial charge < -0.3 is 18.9 Å². The van der Waals surface area contributed by atoms with Gasteiger partial charge in [-0.3, -0.25) is 0 Å². The fraction of sp³-hybridized carbons (Fsp3) is 0.538. The van der Waals surface area contributed by atoms with Gasteiger partial charge in [0.2, 0.25) is 0 Å². The van der Waals surface area contributed by atoms with Crippen LogP contribution in [0.4, 0.5) is 0 Å². The standard InChI is InChI=1S/C13H14O4/c1-2-4-8(5-3-1)6-14-10-9-7-15-13(16-9)12-11(10)17-12/h1-5,9-13H,6-7H2/t9-,10-,11+,12+,13+/m1/s1. The van der Waals surface area contributed by atoms with Crippen LogP contribution < -0.4 is 0 Å². The van der Waals surface area contributed by atoms with Crippen molar-refractivity contribution in [3.05, 3.63) is 35.9 Å². The van der Waals surface area contributed by atoms with Gasteiger partial charge in [-0.25, -0.2) is 0 Å². The van der Waals surface area contributed by atoms with Gasteiger partial charge >= 0.3 is 0 Å². The molecule has 0 unspecified atom stereocenters. The van der Waals surface area contributed by atoms with E-state index in [1.54, 1.807) is 0 Å². The number of epoxide rings is 1. The molecule has 1 aromatic carbocycles. The van der Waals surface area contributed by atoms with Crippen LogP contribution >= 0.6 is 0 Å². The first-order chi connectivity index (χ1) is 8.42. The fourth-order valence-corrected chi connectivity index (χ4v) is 2.58. The van der Waals surface area contributed by atoms with E-state index in [4.69, 9.17) is 18.9 Å². The second-order valence-electron chi connectivity index (χ2n) is 4.70. The Morgan fingerprint density at radius 3 is 2.88 bits per heavy atom. The van der Waals surface area contributed by atoms with E-state index in [9.17, 15) is 0 Å². The van der Waals surface area contributed by atoms with Gasteiger partial charge in [-0.2, -0.15) is 0 Å². The smallest absolute Gasteiger partial charge is 0.187 e. The second kappa shape index (κ2) is 3.78. The minimum Gasteiger partial charge on any atom is -0.368 e. The fourth-order valence-electron chi connectivity index (χ4n) is 2.58. The highest BCUT2D eigenvalue weighted by Crippen LogP contribution is 2.43. The topological polar surface area (TPSA) is 40.2 Å². The molecule has 0 saturated carbocycles. The van der Waals surface area contributed by atoms with Crippen LogP contribution in [0.15, 0.2) is 30.3 Å². The van der Waals surface area contributed by atoms with Crippen molar-refractivity contribution in [2.45, 2.75) is 37.3 Å². The quantitative estimate of drug-likeness (QED) is 0.734. The van der Waals surface area contributed by atoms with Crippen molar-refractivity contribution in [1.82, 2.24) is 0 Å². The molecule has 5 atom stereocenters. The molecule has 4 heteroatoms. The molecule has 3 aliphatic rings. The van der Waals surface area contributed by atoms with Gasteiger partial charge in [0.05, 0.1) is 13.2 Å². The third-order valence-electron chi connectivity index (χ3n) is 3.54. The molecule has 3 aliphatic heterocycles. The normalized spacial score (nSPS) is 42.2. The third kappa shape index (κ3) is 1.68. The molecular formula is C13H14O4. The van der Waals surface area contributed by atoms with Crippen molar-refractivity contribution >= 4 is 0 Å². The molecule has 4 rings (SSSR count). The van der Waals surface area contributed by atoms with Crippen LogP contribution in [0, 0.1) is 0 Å². The largest absolute Gasteiger partial charge is 0.368 e. The van der Waals surface area contributed by atoms with Crippen LogP contribution in [0.25, 0.3) is 0 Å². The van der Waals surface area contributed by atoms with Crippen molar-refractivity contribution in [1.29, 1.82) is 0 Å². The van der Waals surface area contributed by atoms with E-state index in [0.717, 1.165) is 0 Å². The van der Waals surface area contributed by atoms with E-state index >= 15 is 0 Å². The summed E-state index contributed by atoms with van der Waals surface area (Å²) in [5.41, 5.74) is 1.17. The molecule has 3 fully saturated rings. The van der Waals surface area contributed by atoms with Gasteiger partial charge in [0, 0.05) is 0 Å². The van der Waals surface area contributed by atoms with Crippen molar-refractivity contribution in [2.24, 2.45) is 0 Å². The summed E-state index contributed by atoms with van der Waals surface area (Å²) in [6.07, 6.45) is 0.160. The van der Waals surface area contributed by atoms with Gasteiger partial charge in [-0.15, -0.1) is 0 Å². The monoisotopic (exact) mass is 234 g/mol. The average molecular weight is 234 g/mol. The number of rotatable bonds is 3. The first-order valence-corrected chi connectivity index (χ1v) is 6.00. The number of fused-ring (bicyclic) bond motifs is 4.